The first-order chi connectivity index (χ1) is 8.84. The van der Waals surface area contributed by atoms with Crippen molar-refractivity contribution in [3.63, 3.8) is 0 Å². The van der Waals surface area contributed by atoms with E-state index in [0.29, 0.717) is 31.5 Å². The van der Waals surface area contributed by atoms with Gasteiger partial charge >= 0.3 is 0 Å². The average Bonchev–Trinajstić information content (AvgIpc) is 3.10. The van der Waals surface area contributed by atoms with Gasteiger partial charge in [-0.25, -0.2) is 0 Å². The number of thiophene rings is 1. The SMILES string of the molecule is NCC1(c2nc(-c3ccsc3)no2)CCOCC1. The molecule has 0 unspecified atom stereocenters. The lowest BCUT2D eigenvalue weighted by atomic mass is 9.80. The molecule has 2 aromatic rings. The molecule has 18 heavy (non-hydrogen) atoms. The quantitative estimate of drug-likeness (QED) is 0.916. The molecule has 2 N–H and O–H groups in total. The molecule has 1 fully saturated rings. The minimum Gasteiger partial charge on any atom is -0.381 e. The molecule has 5 nitrogen and oxygen atoms in total. The van der Waals surface area contributed by atoms with Crippen LogP contribution in [0.5, 0.6) is 0 Å². The normalized spacial score (nSPS) is 18.9. The fourth-order valence-corrected chi connectivity index (χ4v) is 2.85. The Bertz CT molecular complexity index is 503. The zero-order chi connectivity index (χ0) is 12.4. The molecule has 0 aromatic carbocycles. The number of rotatable bonds is 3. The number of nitrogens with zero attached hydrogens (tertiary/aromatic N) is 2. The van der Waals surface area contributed by atoms with Crippen molar-refractivity contribution in [1.29, 1.82) is 0 Å². The third-order valence-corrected chi connectivity index (χ3v) is 4.18. The second kappa shape index (κ2) is 4.79. The first-order valence-electron chi connectivity index (χ1n) is 5.99. The summed E-state index contributed by atoms with van der Waals surface area (Å²) in [6.45, 7) is 1.92. The Labute approximate surface area is 109 Å². The van der Waals surface area contributed by atoms with E-state index in [2.05, 4.69) is 10.1 Å². The van der Waals surface area contributed by atoms with Gasteiger partial charge in [0.15, 0.2) is 0 Å². The average molecular weight is 265 g/mol. The highest BCUT2D eigenvalue weighted by molar-refractivity contribution is 7.08. The highest BCUT2D eigenvalue weighted by Gasteiger charge is 2.38. The van der Waals surface area contributed by atoms with Crippen LogP contribution in [0.2, 0.25) is 0 Å². The number of aromatic nitrogens is 2. The molecule has 2 aromatic heterocycles. The summed E-state index contributed by atoms with van der Waals surface area (Å²) in [5, 5.41) is 8.06. The monoisotopic (exact) mass is 265 g/mol. The van der Waals surface area contributed by atoms with E-state index in [4.69, 9.17) is 15.0 Å². The lowest BCUT2D eigenvalue weighted by Crippen LogP contribution is -2.40. The Balaban J connectivity index is 1.92. The summed E-state index contributed by atoms with van der Waals surface area (Å²) < 4.78 is 10.8. The molecule has 0 aliphatic carbocycles. The van der Waals surface area contributed by atoms with Crippen LogP contribution in [0.15, 0.2) is 21.3 Å². The second-order valence-electron chi connectivity index (χ2n) is 4.53. The molecule has 1 saturated heterocycles. The summed E-state index contributed by atoms with van der Waals surface area (Å²) in [5.74, 6) is 1.29. The van der Waals surface area contributed by atoms with Crippen molar-refractivity contribution < 1.29 is 9.26 Å². The minimum atomic E-state index is -0.209. The summed E-state index contributed by atoms with van der Waals surface area (Å²) in [6, 6.07) is 1.98. The molecule has 1 aliphatic rings. The van der Waals surface area contributed by atoms with E-state index in [1.807, 2.05) is 16.8 Å². The summed E-state index contributed by atoms with van der Waals surface area (Å²) in [4.78, 5) is 4.51. The molecule has 0 radical (unpaired) electrons. The molecule has 0 saturated carbocycles. The third kappa shape index (κ3) is 1.96. The van der Waals surface area contributed by atoms with Crippen molar-refractivity contribution in [2.45, 2.75) is 18.3 Å². The Morgan fingerprint density at radius 1 is 1.39 bits per heavy atom. The van der Waals surface area contributed by atoms with Gasteiger partial charge in [-0.3, -0.25) is 0 Å². The Morgan fingerprint density at radius 3 is 2.89 bits per heavy atom. The molecule has 0 amide bonds. The zero-order valence-electron chi connectivity index (χ0n) is 9.96. The molecule has 3 rings (SSSR count). The van der Waals surface area contributed by atoms with Crippen molar-refractivity contribution in [1.82, 2.24) is 10.1 Å². The predicted molar refractivity (Wildman–Crippen MR) is 68.4 cm³/mol. The van der Waals surface area contributed by atoms with Crippen molar-refractivity contribution in [3.8, 4) is 11.4 Å². The van der Waals surface area contributed by atoms with Gasteiger partial charge in [0.1, 0.15) is 0 Å². The fourth-order valence-electron chi connectivity index (χ4n) is 2.22. The highest BCUT2D eigenvalue weighted by Crippen LogP contribution is 2.33. The number of hydrogen-bond donors (Lipinski definition) is 1. The Hall–Kier alpha value is -1.24. The molecular weight excluding hydrogens is 250 g/mol. The van der Waals surface area contributed by atoms with Crippen molar-refractivity contribution in [3.05, 3.63) is 22.7 Å². The van der Waals surface area contributed by atoms with Crippen molar-refractivity contribution in [2.75, 3.05) is 19.8 Å². The van der Waals surface area contributed by atoms with Crippen LogP contribution in [0.4, 0.5) is 0 Å². The van der Waals surface area contributed by atoms with Crippen LogP contribution in [-0.4, -0.2) is 29.9 Å². The maximum atomic E-state index is 5.92. The summed E-state index contributed by atoms with van der Waals surface area (Å²) in [7, 11) is 0. The Morgan fingerprint density at radius 2 is 2.22 bits per heavy atom. The van der Waals surface area contributed by atoms with Crippen LogP contribution in [-0.2, 0) is 10.2 Å². The van der Waals surface area contributed by atoms with Crippen LogP contribution in [0, 0.1) is 0 Å². The van der Waals surface area contributed by atoms with Gasteiger partial charge in [0.25, 0.3) is 0 Å². The van der Waals surface area contributed by atoms with E-state index in [1.165, 1.54) is 0 Å². The van der Waals surface area contributed by atoms with Crippen LogP contribution in [0.25, 0.3) is 11.4 Å². The fraction of sp³-hybridized carbons (Fsp3) is 0.500. The van der Waals surface area contributed by atoms with E-state index < -0.39 is 0 Å². The van der Waals surface area contributed by atoms with Crippen LogP contribution >= 0.6 is 11.3 Å². The van der Waals surface area contributed by atoms with E-state index in [-0.39, 0.29) is 5.41 Å². The highest BCUT2D eigenvalue weighted by atomic mass is 32.1. The summed E-state index contributed by atoms with van der Waals surface area (Å²) >= 11 is 1.62. The number of ether oxygens (including phenoxy) is 1. The predicted octanol–water partition coefficient (Wildman–Crippen LogP) is 1.81. The van der Waals surface area contributed by atoms with Gasteiger partial charge < -0.3 is 15.0 Å². The Kier molecular flexibility index (Phi) is 3.15. The van der Waals surface area contributed by atoms with Crippen molar-refractivity contribution >= 4 is 11.3 Å². The van der Waals surface area contributed by atoms with Gasteiger partial charge in [0, 0.05) is 30.7 Å². The van der Waals surface area contributed by atoms with E-state index in [0.717, 1.165) is 18.4 Å². The topological polar surface area (TPSA) is 74.2 Å². The summed E-state index contributed by atoms with van der Waals surface area (Å²) in [6.07, 6.45) is 1.68. The van der Waals surface area contributed by atoms with E-state index in [1.54, 1.807) is 11.3 Å². The van der Waals surface area contributed by atoms with Gasteiger partial charge in [0.05, 0.1) is 5.41 Å². The van der Waals surface area contributed by atoms with Gasteiger partial charge in [-0.2, -0.15) is 16.3 Å². The number of nitrogens with two attached hydrogens (primary N) is 1. The van der Waals surface area contributed by atoms with E-state index >= 15 is 0 Å². The van der Waals surface area contributed by atoms with Crippen LogP contribution < -0.4 is 5.73 Å². The lowest BCUT2D eigenvalue weighted by Gasteiger charge is -2.32. The smallest absolute Gasteiger partial charge is 0.234 e. The van der Waals surface area contributed by atoms with Crippen LogP contribution in [0.3, 0.4) is 0 Å². The molecule has 0 bridgehead atoms. The summed E-state index contributed by atoms with van der Waals surface area (Å²) in [5.41, 5.74) is 6.70. The van der Waals surface area contributed by atoms with Gasteiger partial charge in [-0.1, -0.05) is 5.16 Å². The van der Waals surface area contributed by atoms with Crippen molar-refractivity contribution in [2.24, 2.45) is 5.73 Å². The maximum Gasteiger partial charge on any atom is 0.234 e. The van der Waals surface area contributed by atoms with E-state index in [9.17, 15) is 0 Å². The molecule has 1 aliphatic heterocycles. The second-order valence-corrected chi connectivity index (χ2v) is 5.31. The van der Waals surface area contributed by atoms with Gasteiger partial charge in [-0.05, 0) is 24.3 Å². The minimum absolute atomic E-state index is 0.209. The van der Waals surface area contributed by atoms with Gasteiger partial charge in [0.2, 0.25) is 11.7 Å². The lowest BCUT2D eigenvalue weighted by molar-refractivity contribution is 0.0409. The molecule has 0 atom stereocenters. The first kappa shape index (κ1) is 11.8. The zero-order valence-corrected chi connectivity index (χ0v) is 10.8. The first-order valence-corrected chi connectivity index (χ1v) is 6.93. The third-order valence-electron chi connectivity index (χ3n) is 3.50. The largest absolute Gasteiger partial charge is 0.381 e. The molecule has 0 spiro atoms. The molecule has 96 valence electrons. The standard InChI is InChI=1S/C12H15N3O2S/c13-8-12(2-4-16-5-3-12)11-14-10(15-17-11)9-1-6-18-7-9/h1,6-7H,2-5,8,13H2. The van der Waals surface area contributed by atoms with Crippen LogP contribution in [0.1, 0.15) is 18.7 Å². The molecular formula is C12H15N3O2S. The molecule has 6 heteroatoms. The molecule has 3 heterocycles. The number of hydrogen-bond acceptors (Lipinski definition) is 6. The van der Waals surface area contributed by atoms with Gasteiger partial charge in [-0.15, -0.1) is 0 Å². The maximum absolute atomic E-state index is 5.92.